The van der Waals surface area contributed by atoms with E-state index in [9.17, 15) is 14.7 Å². The lowest BCUT2D eigenvalue weighted by Gasteiger charge is -2.07. The van der Waals surface area contributed by atoms with Crippen molar-refractivity contribution in [2.24, 2.45) is 0 Å². The van der Waals surface area contributed by atoms with Crippen LogP contribution >= 0.6 is 15.9 Å². The molecule has 2 rings (SSSR count). The Morgan fingerprint density at radius 3 is 2.67 bits per heavy atom. The minimum Gasteiger partial charge on any atom is -0.478 e. The number of rotatable bonds is 2. The molecule has 0 radical (unpaired) electrons. The predicted octanol–water partition coefficient (Wildman–Crippen LogP) is 2.65. The van der Waals surface area contributed by atoms with Crippen molar-refractivity contribution in [3.63, 3.8) is 0 Å². The number of carboxylic acids is 1. The van der Waals surface area contributed by atoms with Gasteiger partial charge in [-0.3, -0.25) is 4.79 Å². The topological polar surface area (TPSA) is 79.3 Å². The summed E-state index contributed by atoms with van der Waals surface area (Å²) in [5, 5.41) is 12.2. The van der Waals surface area contributed by atoms with Crippen molar-refractivity contribution in [2.75, 3.05) is 5.32 Å². The average Bonchev–Trinajstić information content (AvgIpc) is 2.27. The standard InChI is InChI=1S/C12H9BrN2O3/c1-6(16)14-11-5-9(12(17)18)8-4-7(13)2-3-10(8)15-11/h2-5H,1H3,(H,17,18)(H,14,15,16). The van der Waals surface area contributed by atoms with Crippen LogP contribution in [0.1, 0.15) is 17.3 Å². The lowest BCUT2D eigenvalue weighted by atomic mass is 10.1. The van der Waals surface area contributed by atoms with Gasteiger partial charge >= 0.3 is 5.97 Å². The van der Waals surface area contributed by atoms with Gasteiger partial charge in [0.1, 0.15) is 5.82 Å². The zero-order valence-corrected chi connectivity index (χ0v) is 11.0. The number of aromatic nitrogens is 1. The highest BCUT2D eigenvalue weighted by atomic mass is 79.9. The van der Waals surface area contributed by atoms with Crippen LogP contribution in [0.2, 0.25) is 0 Å². The second kappa shape index (κ2) is 4.73. The third-order valence-corrected chi connectivity index (χ3v) is 2.80. The molecule has 1 amide bonds. The Morgan fingerprint density at radius 1 is 1.33 bits per heavy atom. The molecule has 6 heteroatoms. The molecular weight excluding hydrogens is 300 g/mol. The van der Waals surface area contributed by atoms with Crippen molar-refractivity contribution in [3.8, 4) is 0 Å². The van der Waals surface area contributed by atoms with Gasteiger partial charge in [-0.05, 0) is 24.3 Å². The van der Waals surface area contributed by atoms with E-state index in [-0.39, 0.29) is 17.3 Å². The number of carboxylic acid groups (broad SMARTS) is 1. The SMILES string of the molecule is CC(=O)Nc1cc(C(=O)O)c2cc(Br)ccc2n1. The number of anilines is 1. The Labute approximate surface area is 111 Å². The lowest BCUT2D eigenvalue weighted by Crippen LogP contribution is -2.09. The first-order valence-corrected chi connectivity index (χ1v) is 5.88. The number of amides is 1. The van der Waals surface area contributed by atoms with E-state index < -0.39 is 5.97 Å². The molecule has 0 spiro atoms. The zero-order chi connectivity index (χ0) is 13.3. The van der Waals surface area contributed by atoms with Gasteiger partial charge in [-0.15, -0.1) is 0 Å². The quantitative estimate of drug-likeness (QED) is 0.894. The first-order valence-electron chi connectivity index (χ1n) is 5.08. The smallest absolute Gasteiger partial charge is 0.336 e. The Kier molecular flexibility index (Phi) is 3.29. The predicted molar refractivity (Wildman–Crippen MR) is 70.7 cm³/mol. The molecule has 0 aliphatic heterocycles. The number of aromatic carboxylic acids is 1. The lowest BCUT2D eigenvalue weighted by molar-refractivity contribution is -0.114. The number of pyridine rings is 1. The molecule has 1 aromatic heterocycles. The van der Waals surface area contributed by atoms with Gasteiger partial charge in [0.05, 0.1) is 11.1 Å². The molecule has 1 aromatic carbocycles. The summed E-state index contributed by atoms with van der Waals surface area (Å²) in [6, 6.07) is 6.48. The van der Waals surface area contributed by atoms with Crippen molar-refractivity contribution in [1.82, 2.24) is 4.98 Å². The minimum absolute atomic E-state index is 0.102. The molecule has 0 atom stereocenters. The zero-order valence-electron chi connectivity index (χ0n) is 9.40. The molecule has 2 N–H and O–H groups in total. The largest absolute Gasteiger partial charge is 0.478 e. The van der Waals surface area contributed by atoms with Crippen LogP contribution in [0.3, 0.4) is 0 Å². The van der Waals surface area contributed by atoms with Crippen LogP contribution in [0.4, 0.5) is 5.82 Å². The van der Waals surface area contributed by atoms with Gasteiger partial charge in [0.15, 0.2) is 0 Å². The summed E-state index contributed by atoms with van der Waals surface area (Å²) in [4.78, 5) is 26.4. The molecular formula is C12H9BrN2O3. The third-order valence-electron chi connectivity index (χ3n) is 2.31. The van der Waals surface area contributed by atoms with Crippen LogP contribution in [0.15, 0.2) is 28.7 Å². The number of nitrogens with zero attached hydrogens (tertiary/aromatic N) is 1. The highest BCUT2D eigenvalue weighted by molar-refractivity contribution is 9.10. The molecule has 92 valence electrons. The summed E-state index contributed by atoms with van der Waals surface area (Å²) in [6.45, 7) is 1.34. The number of carbonyl (C=O) groups is 2. The highest BCUT2D eigenvalue weighted by Gasteiger charge is 2.12. The number of halogens is 1. The monoisotopic (exact) mass is 308 g/mol. The number of fused-ring (bicyclic) bond motifs is 1. The van der Waals surface area contributed by atoms with E-state index in [0.717, 1.165) is 4.47 Å². The maximum atomic E-state index is 11.2. The minimum atomic E-state index is -1.06. The molecule has 5 nitrogen and oxygen atoms in total. The number of benzene rings is 1. The van der Waals surface area contributed by atoms with Crippen molar-refractivity contribution in [2.45, 2.75) is 6.92 Å². The summed E-state index contributed by atoms with van der Waals surface area (Å²) in [6.07, 6.45) is 0. The summed E-state index contributed by atoms with van der Waals surface area (Å²) in [5.41, 5.74) is 0.618. The van der Waals surface area contributed by atoms with Crippen molar-refractivity contribution in [1.29, 1.82) is 0 Å². The third kappa shape index (κ3) is 2.48. The molecule has 0 saturated carbocycles. The Morgan fingerprint density at radius 2 is 2.06 bits per heavy atom. The molecule has 2 aromatic rings. The van der Waals surface area contributed by atoms with Crippen LogP contribution < -0.4 is 5.32 Å². The van der Waals surface area contributed by atoms with Gasteiger partial charge in [0.25, 0.3) is 0 Å². The van der Waals surface area contributed by atoms with Gasteiger partial charge in [-0.2, -0.15) is 0 Å². The summed E-state index contributed by atoms with van der Waals surface area (Å²) in [7, 11) is 0. The Hall–Kier alpha value is -1.95. The Bertz CT molecular complexity index is 655. The number of hydrogen-bond acceptors (Lipinski definition) is 3. The van der Waals surface area contributed by atoms with E-state index in [4.69, 9.17) is 0 Å². The van der Waals surface area contributed by atoms with E-state index in [1.165, 1.54) is 13.0 Å². The molecule has 0 saturated heterocycles. The summed E-state index contributed by atoms with van der Waals surface area (Å²) < 4.78 is 0.770. The van der Waals surface area contributed by atoms with Crippen LogP contribution in [0, 0.1) is 0 Å². The number of hydrogen-bond donors (Lipinski definition) is 2. The van der Waals surface area contributed by atoms with E-state index in [1.54, 1.807) is 18.2 Å². The maximum absolute atomic E-state index is 11.2. The average molecular weight is 309 g/mol. The normalized spacial score (nSPS) is 10.3. The second-order valence-corrected chi connectivity index (χ2v) is 4.62. The van der Waals surface area contributed by atoms with Crippen molar-refractivity contribution < 1.29 is 14.7 Å². The molecule has 0 bridgehead atoms. The van der Waals surface area contributed by atoms with Crippen LogP contribution in [0.5, 0.6) is 0 Å². The fraction of sp³-hybridized carbons (Fsp3) is 0.0833. The maximum Gasteiger partial charge on any atom is 0.336 e. The molecule has 0 unspecified atom stereocenters. The fourth-order valence-electron chi connectivity index (χ4n) is 1.62. The molecule has 0 aliphatic rings. The van der Waals surface area contributed by atoms with Crippen LogP contribution in [0.25, 0.3) is 10.9 Å². The molecule has 0 aliphatic carbocycles. The van der Waals surface area contributed by atoms with Gasteiger partial charge in [0, 0.05) is 16.8 Å². The van der Waals surface area contributed by atoms with Gasteiger partial charge in [-0.1, -0.05) is 15.9 Å². The van der Waals surface area contributed by atoms with E-state index in [0.29, 0.717) is 10.9 Å². The van der Waals surface area contributed by atoms with Crippen molar-refractivity contribution >= 4 is 44.5 Å². The van der Waals surface area contributed by atoms with Crippen LogP contribution in [-0.2, 0) is 4.79 Å². The molecule has 18 heavy (non-hydrogen) atoms. The van der Waals surface area contributed by atoms with E-state index in [2.05, 4.69) is 26.2 Å². The van der Waals surface area contributed by atoms with E-state index >= 15 is 0 Å². The molecule has 0 fully saturated rings. The van der Waals surface area contributed by atoms with Gasteiger partial charge in [-0.25, -0.2) is 9.78 Å². The fourth-order valence-corrected chi connectivity index (χ4v) is 1.98. The second-order valence-electron chi connectivity index (χ2n) is 3.70. The first kappa shape index (κ1) is 12.5. The first-order chi connectivity index (χ1) is 8.47. The van der Waals surface area contributed by atoms with Crippen LogP contribution in [-0.4, -0.2) is 22.0 Å². The van der Waals surface area contributed by atoms with Crippen molar-refractivity contribution in [3.05, 3.63) is 34.3 Å². The summed E-state index contributed by atoms with van der Waals surface area (Å²) in [5.74, 6) is -1.13. The van der Waals surface area contributed by atoms with E-state index in [1.807, 2.05) is 0 Å². The number of nitrogens with one attached hydrogen (secondary N) is 1. The Balaban J connectivity index is 2.70. The highest BCUT2D eigenvalue weighted by Crippen LogP contribution is 2.24. The molecule has 1 heterocycles. The summed E-state index contributed by atoms with van der Waals surface area (Å²) >= 11 is 3.28. The number of carbonyl (C=O) groups excluding carboxylic acids is 1. The van der Waals surface area contributed by atoms with Gasteiger partial charge in [0.2, 0.25) is 5.91 Å². The van der Waals surface area contributed by atoms with Gasteiger partial charge < -0.3 is 10.4 Å².